The zero-order chi connectivity index (χ0) is 17.9. The molecular weight excluding hydrogens is 310 g/mol. The topological polar surface area (TPSA) is 41.3 Å². The molecule has 1 aromatic carbocycles. The molecule has 1 N–H and O–H groups in total. The van der Waals surface area contributed by atoms with E-state index in [0.29, 0.717) is 0 Å². The summed E-state index contributed by atoms with van der Waals surface area (Å²) >= 11 is 0. The van der Waals surface area contributed by atoms with E-state index in [1.54, 1.807) is 0 Å². The molecule has 4 nitrogen and oxygen atoms in total. The molecule has 0 amide bonds. The predicted molar refractivity (Wildman–Crippen MR) is 106 cm³/mol. The number of aliphatic hydroxyl groups is 1. The van der Waals surface area contributed by atoms with Crippen molar-refractivity contribution in [2.45, 2.75) is 65.3 Å². The lowest BCUT2D eigenvalue weighted by molar-refractivity contribution is 0.257. The van der Waals surface area contributed by atoms with E-state index in [2.05, 4.69) is 41.5 Å². The van der Waals surface area contributed by atoms with Gasteiger partial charge in [0.05, 0.1) is 11.0 Å². The van der Waals surface area contributed by atoms with Crippen LogP contribution < -0.4 is 0 Å². The second kappa shape index (κ2) is 11.3. The molecular formula is C21H35N3O. The summed E-state index contributed by atoms with van der Waals surface area (Å²) in [6.07, 6.45) is 7.89. The summed E-state index contributed by atoms with van der Waals surface area (Å²) in [6.45, 7) is 9.37. The van der Waals surface area contributed by atoms with Crippen molar-refractivity contribution in [3.05, 3.63) is 30.1 Å². The van der Waals surface area contributed by atoms with E-state index in [-0.39, 0.29) is 6.61 Å². The van der Waals surface area contributed by atoms with Crippen LogP contribution in [-0.4, -0.2) is 45.8 Å². The van der Waals surface area contributed by atoms with Gasteiger partial charge in [0.1, 0.15) is 5.82 Å². The van der Waals surface area contributed by atoms with Crippen molar-refractivity contribution in [2.24, 2.45) is 0 Å². The zero-order valence-electron chi connectivity index (χ0n) is 16.1. The fourth-order valence-corrected chi connectivity index (χ4v) is 3.35. The van der Waals surface area contributed by atoms with Crippen molar-refractivity contribution in [2.75, 3.05) is 26.2 Å². The number of para-hydroxylation sites is 2. The molecule has 2 rings (SSSR count). The molecule has 25 heavy (non-hydrogen) atoms. The van der Waals surface area contributed by atoms with Crippen LogP contribution in [0.4, 0.5) is 0 Å². The largest absolute Gasteiger partial charge is 0.396 e. The van der Waals surface area contributed by atoms with Crippen LogP contribution in [0.5, 0.6) is 0 Å². The van der Waals surface area contributed by atoms with Gasteiger partial charge in [-0.25, -0.2) is 4.98 Å². The molecule has 0 aliphatic rings. The Morgan fingerprint density at radius 3 is 2.32 bits per heavy atom. The van der Waals surface area contributed by atoms with Crippen LogP contribution in [0.15, 0.2) is 24.3 Å². The van der Waals surface area contributed by atoms with Gasteiger partial charge in [0, 0.05) is 19.6 Å². The third-order valence-electron chi connectivity index (χ3n) is 4.80. The maximum Gasteiger partial charge on any atom is 0.109 e. The number of nitrogens with zero attached hydrogens (tertiary/aromatic N) is 3. The number of fused-ring (bicyclic) bond motifs is 1. The highest BCUT2D eigenvalue weighted by molar-refractivity contribution is 5.75. The minimum absolute atomic E-state index is 0.227. The molecule has 0 unspecified atom stereocenters. The summed E-state index contributed by atoms with van der Waals surface area (Å²) < 4.78 is 2.36. The first-order valence-corrected chi connectivity index (χ1v) is 10.1. The number of unbranched alkanes of at least 4 members (excludes halogenated alkanes) is 2. The lowest BCUT2D eigenvalue weighted by atomic mass is 10.2. The highest BCUT2D eigenvalue weighted by Crippen LogP contribution is 2.18. The van der Waals surface area contributed by atoms with Crippen LogP contribution in [0.2, 0.25) is 0 Å². The van der Waals surface area contributed by atoms with Gasteiger partial charge in [-0.05, 0) is 57.5 Å². The summed E-state index contributed by atoms with van der Waals surface area (Å²) in [4.78, 5) is 7.41. The quantitative estimate of drug-likeness (QED) is 0.590. The van der Waals surface area contributed by atoms with Crippen molar-refractivity contribution >= 4 is 11.0 Å². The Labute approximate surface area is 152 Å². The Morgan fingerprint density at radius 2 is 1.64 bits per heavy atom. The van der Waals surface area contributed by atoms with Crippen LogP contribution in [-0.2, 0) is 13.0 Å². The lowest BCUT2D eigenvalue weighted by Gasteiger charge is -2.22. The summed E-state index contributed by atoms with van der Waals surface area (Å²) in [5.41, 5.74) is 2.30. The summed E-state index contributed by atoms with van der Waals surface area (Å²) in [5, 5.41) is 9.16. The Morgan fingerprint density at radius 1 is 0.960 bits per heavy atom. The van der Waals surface area contributed by atoms with E-state index < -0.39 is 0 Å². The molecule has 1 heterocycles. The Kier molecular flexibility index (Phi) is 8.98. The SMILES string of the molecule is CCCCN(CCCC)CCCn1c(CCCO)nc2ccccc21. The van der Waals surface area contributed by atoms with Crippen molar-refractivity contribution < 1.29 is 5.11 Å². The summed E-state index contributed by atoms with van der Waals surface area (Å²) in [6, 6.07) is 8.39. The van der Waals surface area contributed by atoms with Gasteiger partial charge >= 0.3 is 0 Å². The number of rotatable bonds is 13. The summed E-state index contributed by atoms with van der Waals surface area (Å²) in [5.74, 6) is 1.11. The van der Waals surface area contributed by atoms with Crippen LogP contribution in [0, 0.1) is 0 Å². The molecule has 0 saturated carbocycles. The Hall–Kier alpha value is -1.39. The van der Waals surface area contributed by atoms with Crippen LogP contribution >= 0.6 is 0 Å². The Balaban J connectivity index is 2.00. The van der Waals surface area contributed by atoms with E-state index in [1.807, 2.05) is 6.07 Å². The highest BCUT2D eigenvalue weighted by Gasteiger charge is 2.11. The second-order valence-electron chi connectivity index (χ2n) is 6.90. The van der Waals surface area contributed by atoms with Crippen LogP contribution in [0.1, 0.15) is 58.2 Å². The summed E-state index contributed by atoms with van der Waals surface area (Å²) in [7, 11) is 0. The first-order valence-electron chi connectivity index (χ1n) is 10.1. The maximum absolute atomic E-state index is 9.16. The van der Waals surface area contributed by atoms with Crippen molar-refractivity contribution in [1.29, 1.82) is 0 Å². The van der Waals surface area contributed by atoms with Crippen molar-refractivity contribution in [3.63, 3.8) is 0 Å². The number of hydrogen-bond acceptors (Lipinski definition) is 3. The van der Waals surface area contributed by atoms with E-state index >= 15 is 0 Å². The number of hydrogen-bond donors (Lipinski definition) is 1. The average Bonchev–Trinajstić information content (AvgIpc) is 2.99. The number of aryl methyl sites for hydroxylation is 2. The number of aliphatic hydroxyl groups excluding tert-OH is 1. The highest BCUT2D eigenvalue weighted by atomic mass is 16.2. The molecule has 0 saturated heterocycles. The van der Waals surface area contributed by atoms with E-state index in [1.165, 1.54) is 44.3 Å². The molecule has 0 bridgehead atoms. The van der Waals surface area contributed by atoms with Gasteiger partial charge in [0.2, 0.25) is 0 Å². The number of imidazole rings is 1. The molecule has 0 aliphatic heterocycles. The second-order valence-corrected chi connectivity index (χ2v) is 6.90. The third kappa shape index (κ3) is 6.12. The molecule has 4 heteroatoms. The van der Waals surface area contributed by atoms with Crippen molar-refractivity contribution in [3.8, 4) is 0 Å². The molecule has 140 valence electrons. The van der Waals surface area contributed by atoms with Crippen LogP contribution in [0.3, 0.4) is 0 Å². The van der Waals surface area contributed by atoms with Crippen molar-refractivity contribution in [1.82, 2.24) is 14.5 Å². The number of aromatic nitrogens is 2. The first-order chi connectivity index (χ1) is 12.3. The van der Waals surface area contributed by atoms with Gasteiger partial charge in [-0.15, -0.1) is 0 Å². The van der Waals surface area contributed by atoms with Gasteiger partial charge in [-0.3, -0.25) is 0 Å². The molecule has 0 atom stereocenters. The maximum atomic E-state index is 9.16. The number of benzene rings is 1. The molecule has 1 aromatic heterocycles. The molecule has 0 radical (unpaired) electrons. The normalized spacial score (nSPS) is 11.7. The predicted octanol–water partition coefficient (Wildman–Crippen LogP) is 4.25. The molecule has 2 aromatic rings. The van der Waals surface area contributed by atoms with Crippen LogP contribution in [0.25, 0.3) is 11.0 Å². The minimum atomic E-state index is 0.227. The van der Waals surface area contributed by atoms with Gasteiger partial charge in [-0.1, -0.05) is 38.8 Å². The lowest BCUT2D eigenvalue weighted by Crippen LogP contribution is -2.28. The van der Waals surface area contributed by atoms with E-state index in [4.69, 9.17) is 10.1 Å². The molecule has 0 fully saturated rings. The van der Waals surface area contributed by atoms with Gasteiger partial charge in [-0.2, -0.15) is 0 Å². The zero-order valence-corrected chi connectivity index (χ0v) is 16.1. The Bertz CT molecular complexity index is 600. The monoisotopic (exact) mass is 345 g/mol. The first kappa shape index (κ1) is 19.9. The average molecular weight is 346 g/mol. The minimum Gasteiger partial charge on any atom is -0.396 e. The molecule has 0 spiro atoms. The van der Waals surface area contributed by atoms with Gasteiger partial charge in [0.15, 0.2) is 0 Å². The van der Waals surface area contributed by atoms with Gasteiger partial charge < -0.3 is 14.6 Å². The van der Waals surface area contributed by atoms with E-state index in [9.17, 15) is 0 Å². The smallest absolute Gasteiger partial charge is 0.109 e. The van der Waals surface area contributed by atoms with Gasteiger partial charge in [0.25, 0.3) is 0 Å². The molecule has 0 aliphatic carbocycles. The van der Waals surface area contributed by atoms with E-state index in [0.717, 1.165) is 43.7 Å². The standard InChI is InChI=1S/C21H35N3O/c1-3-5-14-23(15-6-4-2)16-10-17-24-20-12-8-7-11-19(20)22-21(24)13-9-18-25/h7-8,11-12,25H,3-6,9-10,13-18H2,1-2H3. The fourth-order valence-electron chi connectivity index (χ4n) is 3.35. The fraction of sp³-hybridized carbons (Fsp3) is 0.667. The third-order valence-corrected chi connectivity index (χ3v) is 4.80.